The predicted molar refractivity (Wildman–Crippen MR) is 73.5 cm³/mol. The van der Waals surface area contributed by atoms with Gasteiger partial charge in [0.2, 0.25) is 0 Å². The summed E-state index contributed by atoms with van der Waals surface area (Å²) in [5, 5.41) is 5.43. The van der Waals surface area contributed by atoms with Gasteiger partial charge in [-0.25, -0.2) is 0 Å². The summed E-state index contributed by atoms with van der Waals surface area (Å²) in [5.74, 6) is 0. The minimum absolute atomic E-state index is 0.134. The highest BCUT2D eigenvalue weighted by Crippen LogP contribution is 2.28. The maximum atomic E-state index is 11.3. The van der Waals surface area contributed by atoms with E-state index in [1.165, 1.54) is 11.1 Å². The van der Waals surface area contributed by atoms with E-state index in [9.17, 15) is 4.55 Å². The van der Waals surface area contributed by atoms with E-state index in [0.29, 0.717) is 17.5 Å². The van der Waals surface area contributed by atoms with Crippen molar-refractivity contribution in [2.24, 2.45) is 10.9 Å². The van der Waals surface area contributed by atoms with Crippen molar-refractivity contribution in [1.82, 2.24) is 4.90 Å². The molecule has 1 aromatic carbocycles. The molecule has 4 N–H and O–H groups in total. The van der Waals surface area contributed by atoms with Gasteiger partial charge in [0, 0.05) is 31.2 Å². The SMILES string of the molecule is N[C@@H]1COC[C@H](N2Cc3ccc([S+](N)[O-])cc3C2)C1. The van der Waals surface area contributed by atoms with Gasteiger partial charge in [-0.15, -0.1) is 5.14 Å². The second-order valence-electron chi connectivity index (χ2n) is 5.32. The van der Waals surface area contributed by atoms with Crippen LogP contribution in [-0.2, 0) is 29.2 Å². The van der Waals surface area contributed by atoms with Crippen molar-refractivity contribution in [1.29, 1.82) is 0 Å². The van der Waals surface area contributed by atoms with Crippen molar-refractivity contribution in [2.45, 2.75) is 36.5 Å². The second kappa shape index (κ2) is 5.40. The van der Waals surface area contributed by atoms with E-state index in [4.69, 9.17) is 15.6 Å². The summed E-state index contributed by atoms with van der Waals surface area (Å²) in [5.41, 5.74) is 8.46. The predicted octanol–water partition coefficient (Wildman–Crippen LogP) is 0.0997. The summed E-state index contributed by atoms with van der Waals surface area (Å²) >= 11 is -1.41. The Labute approximate surface area is 116 Å². The third kappa shape index (κ3) is 2.79. The molecule has 6 heteroatoms. The van der Waals surface area contributed by atoms with Crippen molar-refractivity contribution < 1.29 is 9.29 Å². The van der Waals surface area contributed by atoms with Crippen LogP contribution in [0.1, 0.15) is 17.5 Å². The lowest BCUT2D eigenvalue weighted by atomic mass is 10.1. The number of benzene rings is 1. The molecule has 0 bridgehead atoms. The molecule has 0 amide bonds. The average molecular weight is 281 g/mol. The first-order chi connectivity index (χ1) is 9.13. The van der Waals surface area contributed by atoms with Gasteiger partial charge in [-0.2, -0.15) is 0 Å². The van der Waals surface area contributed by atoms with Crippen molar-refractivity contribution in [3.8, 4) is 0 Å². The smallest absolute Gasteiger partial charge is 0.174 e. The lowest BCUT2D eigenvalue weighted by molar-refractivity contribution is 0.00549. The lowest BCUT2D eigenvalue weighted by Crippen LogP contribution is -2.46. The van der Waals surface area contributed by atoms with Crippen LogP contribution in [0.15, 0.2) is 23.1 Å². The number of rotatable bonds is 2. The van der Waals surface area contributed by atoms with E-state index in [1.54, 1.807) is 0 Å². The highest BCUT2D eigenvalue weighted by atomic mass is 32.2. The summed E-state index contributed by atoms with van der Waals surface area (Å²) in [6, 6.07) is 6.34. The van der Waals surface area contributed by atoms with E-state index >= 15 is 0 Å². The molecule has 104 valence electrons. The summed E-state index contributed by atoms with van der Waals surface area (Å²) in [7, 11) is 0. The van der Waals surface area contributed by atoms with Crippen molar-refractivity contribution in [3.05, 3.63) is 29.3 Å². The minimum atomic E-state index is -1.41. The van der Waals surface area contributed by atoms with Crippen molar-refractivity contribution in [3.63, 3.8) is 0 Å². The standard InChI is InChI=1S/C13H19N3O2S/c14-11-4-12(8-18-7-11)16-5-9-1-2-13(19(15)17)3-10(9)6-16/h1-3,11-12H,4-8,14-15H2/t11-,12+,19?/m0/s1. The summed E-state index contributed by atoms with van der Waals surface area (Å²) in [4.78, 5) is 3.07. The summed E-state index contributed by atoms with van der Waals surface area (Å²) in [6.45, 7) is 3.18. The van der Waals surface area contributed by atoms with Gasteiger partial charge in [0.05, 0.1) is 24.6 Å². The van der Waals surface area contributed by atoms with E-state index < -0.39 is 11.4 Å². The Morgan fingerprint density at radius 2 is 2.05 bits per heavy atom. The Kier molecular flexibility index (Phi) is 3.79. The number of nitrogens with two attached hydrogens (primary N) is 2. The average Bonchev–Trinajstić information content (AvgIpc) is 2.81. The first-order valence-corrected chi connectivity index (χ1v) is 7.70. The van der Waals surface area contributed by atoms with Gasteiger partial charge in [0.25, 0.3) is 0 Å². The molecular weight excluding hydrogens is 262 g/mol. The topological polar surface area (TPSA) is 87.6 Å². The highest BCUT2D eigenvalue weighted by molar-refractivity contribution is 7.89. The zero-order valence-electron chi connectivity index (χ0n) is 10.7. The van der Waals surface area contributed by atoms with Crippen molar-refractivity contribution in [2.75, 3.05) is 13.2 Å². The van der Waals surface area contributed by atoms with Crippen LogP contribution >= 0.6 is 0 Å². The number of hydrogen-bond donors (Lipinski definition) is 2. The van der Waals surface area contributed by atoms with Gasteiger partial charge in [0.1, 0.15) is 0 Å². The van der Waals surface area contributed by atoms with Crippen LogP contribution in [-0.4, -0.2) is 34.8 Å². The third-order valence-electron chi connectivity index (χ3n) is 3.89. The molecule has 19 heavy (non-hydrogen) atoms. The monoisotopic (exact) mass is 281 g/mol. The number of nitrogens with zero attached hydrogens (tertiary/aromatic N) is 1. The van der Waals surface area contributed by atoms with Gasteiger partial charge in [-0.3, -0.25) is 4.90 Å². The molecule has 2 heterocycles. The van der Waals surface area contributed by atoms with E-state index in [2.05, 4.69) is 4.90 Å². The molecule has 3 atom stereocenters. The van der Waals surface area contributed by atoms with Crippen molar-refractivity contribution >= 4 is 11.4 Å². The Morgan fingerprint density at radius 3 is 2.79 bits per heavy atom. The molecule has 0 saturated carbocycles. The van der Waals surface area contributed by atoms with Crippen LogP contribution in [0.25, 0.3) is 0 Å². The van der Waals surface area contributed by atoms with Gasteiger partial charge in [-0.1, -0.05) is 6.07 Å². The van der Waals surface area contributed by atoms with Crippen LogP contribution in [0.5, 0.6) is 0 Å². The van der Waals surface area contributed by atoms with Crippen LogP contribution in [0.2, 0.25) is 0 Å². The molecule has 5 nitrogen and oxygen atoms in total. The van der Waals surface area contributed by atoms with Gasteiger partial charge in [0.15, 0.2) is 4.90 Å². The Morgan fingerprint density at radius 1 is 1.26 bits per heavy atom. The van der Waals surface area contributed by atoms with Gasteiger partial charge < -0.3 is 15.0 Å². The lowest BCUT2D eigenvalue weighted by Gasteiger charge is -2.33. The molecule has 0 aliphatic carbocycles. The fraction of sp³-hybridized carbons (Fsp3) is 0.538. The molecule has 1 fully saturated rings. The first kappa shape index (κ1) is 13.4. The van der Waals surface area contributed by atoms with E-state index in [0.717, 1.165) is 26.1 Å². The molecular formula is C13H19N3O2S. The maximum Gasteiger partial charge on any atom is 0.174 e. The molecule has 3 rings (SSSR count). The fourth-order valence-corrected chi connectivity index (χ4v) is 3.34. The number of fused-ring (bicyclic) bond motifs is 1. The molecule has 0 spiro atoms. The number of ether oxygens (including phenoxy) is 1. The van der Waals surface area contributed by atoms with Crippen LogP contribution < -0.4 is 10.9 Å². The molecule has 0 aromatic heterocycles. The van der Waals surface area contributed by atoms with E-state index in [-0.39, 0.29) is 6.04 Å². The minimum Gasteiger partial charge on any atom is -0.593 e. The fourth-order valence-electron chi connectivity index (χ4n) is 2.88. The Hall–Kier alpha value is -0.630. The number of hydrogen-bond acceptors (Lipinski definition) is 5. The van der Waals surface area contributed by atoms with Gasteiger partial charge in [-0.05, 0) is 23.6 Å². The second-order valence-corrected chi connectivity index (χ2v) is 6.39. The maximum absolute atomic E-state index is 11.3. The summed E-state index contributed by atoms with van der Waals surface area (Å²) < 4.78 is 16.8. The normalized spacial score (nSPS) is 29.2. The molecule has 0 radical (unpaired) electrons. The van der Waals surface area contributed by atoms with Crippen LogP contribution in [0.3, 0.4) is 0 Å². The van der Waals surface area contributed by atoms with E-state index in [1.807, 2.05) is 18.2 Å². The molecule has 2 aliphatic heterocycles. The zero-order valence-corrected chi connectivity index (χ0v) is 11.6. The Bertz CT molecular complexity index is 469. The Balaban J connectivity index is 1.73. The first-order valence-electron chi connectivity index (χ1n) is 6.49. The van der Waals surface area contributed by atoms with Gasteiger partial charge >= 0.3 is 0 Å². The molecule has 2 aliphatic rings. The molecule has 1 saturated heterocycles. The van der Waals surface area contributed by atoms with Crippen LogP contribution in [0.4, 0.5) is 0 Å². The quantitative estimate of drug-likeness (QED) is 0.751. The third-order valence-corrected chi connectivity index (χ3v) is 4.61. The molecule has 1 unspecified atom stereocenters. The van der Waals surface area contributed by atoms with Crippen LogP contribution in [0, 0.1) is 0 Å². The molecule has 1 aromatic rings. The largest absolute Gasteiger partial charge is 0.593 e. The summed E-state index contributed by atoms with van der Waals surface area (Å²) in [6.07, 6.45) is 0.976. The highest BCUT2D eigenvalue weighted by Gasteiger charge is 2.30. The zero-order chi connectivity index (χ0) is 13.4.